The maximum absolute atomic E-state index is 8.67. The molecular weight excluding hydrogens is 154 g/mol. The molecule has 0 amide bonds. The lowest BCUT2D eigenvalue weighted by molar-refractivity contribution is 0.317. The van der Waals surface area contributed by atoms with Crippen LogP contribution in [-0.4, -0.2) is 20.9 Å². The van der Waals surface area contributed by atoms with Gasteiger partial charge in [0.15, 0.2) is 0 Å². The molecule has 1 N–H and O–H groups in total. The molecule has 0 spiro atoms. The lowest BCUT2D eigenvalue weighted by Gasteiger charge is -2.13. The molecule has 1 aromatic rings. The van der Waals surface area contributed by atoms with Crippen LogP contribution in [0.1, 0.15) is 24.1 Å². The lowest BCUT2D eigenvalue weighted by Crippen LogP contribution is -2.13. The zero-order chi connectivity index (χ0) is 8.39. The van der Waals surface area contributed by atoms with Crippen LogP contribution in [0.4, 0.5) is 0 Å². The molecule has 4 nitrogen and oxygen atoms in total. The van der Waals surface area contributed by atoms with Gasteiger partial charge < -0.3 is 5.21 Å². The summed E-state index contributed by atoms with van der Waals surface area (Å²) in [5.74, 6) is 0. The number of oxime groups is 1. The molecule has 12 heavy (non-hydrogen) atoms. The standard InChI is InChI=1S/C8H9N3O/c12-11-8-3-1-2-7-6(8)4-9-5-10-7/h4-5,12H,1-3H2. The van der Waals surface area contributed by atoms with Crippen LogP contribution in [0.5, 0.6) is 0 Å². The monoisotopic (exact) mass is 163 g/mol. The van der Waals surface area contributed by atoms with E-state index in [4.69, 9.17) is 5.21 Å². The Morgan fingerprint density at radius 3 is 3.17 bits per heavy atom. The third-order valence-corrected chi connectivity index (χ3v) is 2.05. The number of aromatic nitrogens is 2. The van der Waals surface area contributed by atoms with Crippen LogP contribution in [0.25, 0.3) is 0 Å². The second-order valence-electron chi connectivity index (χ2n) is 2.78. The Morgan fingerprint density at radius 1 is 1.42 bits per heavy atom. The fourth-order valence-corrected chi connectivity index (χ4v) is 1.46. The fourth-order valence-electron chi connectivity index (χ4n) is 1.46. The van der Waals surface area contributed by atoms with E-state index in [1.807, 2.05) is 0 Å². The van der Waals surface area contributed by atoms with Gasteiger partial charge in [-0.2, -0.15) is 0 Å². The van der Waals surface area contributed by atoms with Crippen molar-refractivity contribution >= 4 is 5.71 Å². The van der Waals surface area contributed by atoms with Crippen molar-refractivity contribution in [3.8, 4) is 0 Å². The summed E-state index contributed by atoms with van der Waals surface area (Å²) in [6, 6.07) is 0. The molecule has 0 saturated heterocycles. The number of rotatable bonds is 0. The molecule has 0 radical (unpaired) electrons. The first-order valence-corrected chi connectivity index (χ1v) is 3.92. The minimum Gasteiger partial charge on any atom is -0.411 e. The smallest absolute Gasteiger partial charge is 0.115 e. The van der Waals surface area contributed by atoms with Crippen molar-refractivity contribution in [2.75, 3.05) is 0 Å². The summed E-state index contributed by atoms with van der Waals surface area (Å²) >= 11 is 0. The normalized spacial score (nSPS) is 19.2. The number of hydrogen-bond acceptors (Lipinski definition) is 4. The highest BCUT2D eigenvalue weighted by Gasteiger charge is 2.16. The van der Waals surface area contributed by atoms with Crippen molar-refractivity contribution in [2.24, 2.45) is 5.16 Å². The molecule has 2 rings (SSSR count). The van der Waals surface area contributed by atoms with Gasteiger partial charge in [0.1, 0.15) is 6.33 Å². The van der Waals surface area contributed by atoms with Crippen molar-refractivity contribution in [1.29, 1.82) is 0 Å². The van der Waals surface area contributed by atoms with E-state index in [1.54, 1.807) is 6.20 Å². The molecule has 4 heteroatoms. The first-order valence-electron chi connectivity index (χ1n) is 3.92. The molecule has 1 aromatic heterocycles. The summed E-state index contributed by atoms with van der Waals surface area (Å²) in [5.41, 5.74) is 2.59. The molecule has 0 saturated carbocycles. The molecule has 1 aliphatic rings. The number of nitrogens with zero attached hydrogens (tertiary/aromatic N) is 3. The second kappa shape index (κ2) is 2.89. The molecule has 0 aromatic carbocycles. The highest BCUT2D eigenvalue weighted by molar-refractivity contribution is 6.01. The van der Waals surface area contributed by atoms with Crippen LogP contribution in [-0.2, 0) is 6.42 Å². The Balaban J connectivity index is 2.51. The van der Waals surface area contributed by atoms with Crippen LogP contribution >= 0.6 is 0 Å². The van der Waals surface area contributed by atoms with Gasteiger partial charge in [-0.05, 0) is 19.3 Å². The Kier molecular flexibility index (Phi) is 1.74. The minimum absolute atomic E-state index is 0.705. The molecule has 0 aliphatic heterocycles. The molecule has 0 atom stereocenters. The Labute approximate surface area is 70.0 Å². The number of hydrogen-bond donors (Lipinski definition) is 1. The fraction of sp³-hybridized carbons (Fsp3) is 0.375. The molecule has 0 unspecified atom stereocenters. The average Bonchev–Trinajstić information content (AvgIpc) is 2.17. The Bertz CT molecular complexity index is 322. The van der Waals surface area contributed by atoms with Gasteiger partial charge in [-0.3, -0.25) is 0 Å². The molecule has 0 bridgehead atoms. The Hall–Kier alpha value is -1.45. The van der Waals surface area contributed by atoms with Gasteiger partial charge in [0.05, 0.1) is 11.4 Å². The van der Waals surface area contributed by atoms with Gasteiger partial charge in [-0.25, -0.2) is 9.97 Å². The van der Waals surface area contributed by atoms with E-state index in [0.29, 0.717) is 5.71 Å². The van der Waals surface area contributed by atoms with E-state index in [-0.39, 0.29) is 0 Å². The van der Waals surface area contributed by atoms with Crippen molar-refractivity contribution in [2.45, 2.75) is 19.3 Å². The Morgan fingerprint density at radius 2 is 2.33 bits per heavy atom. The first-order chi connectivity index (χ1) is 5.92. The van der Waals surface area contributed by atoms with Gasteiger partial charge in [-0.15, -0.1) is 0 Å². The summed E-state index contributed by atoms with van der Waals surface area (Å²) in [7, 11) is 0. The van der Waals surface area contributed by atoms with Crippen LogP contribution in [0.2, 0.25) is 0 Å². The summed E-state index contributed by atoms with van der Waals surface area (Å²) in [4.78, 5) is 8.01. The van der Waals surface area contributed by atoms with Crippen molar-refractivity contribution in [3.05, 3.63) is 23.8 Å². The van der Waals surface area contributed by atoms with E-state index in [2.05, 4.69) is 15.1 Å². The SMILES string of the molecule is ON=C1CCCc2ncncc21. The largest absolute Gasteiger partial charge is 0.411 e. The summed E-state index contributed by atoms with van der Waals surface area (Å²) in [6.45, 7) is 0. The molecular formula is C8H9N3O. The highest BCUT2D eigenvalue weighted by Crippen LogP contribution is 2.17. The van der Waals surface area contributed by atoms with Gasteiger partial charge >= 0.3 is 0 Å². The highest BCUT2D eigenvalue weighted by atomic mass is 16.4. The third-order valence-electron chi connectivity index (χ3n) is 2.05. The van der Waals surface area contributed by atoms with E-state index >= 15 is 0 Å². The maximum atomic E-state index is 8.67. The quantitative estimate of drug-likeness (QED) is 0.458. The lowest BCUT2D eigenvalue weighted by atomic mass is 9.96. The second-order valence-corrected chi connectivity index (χ2v) is 2.78. The van der Waals surface area contributed by atoms with Gasteiger partial charge in [-0.1, -0.05) is 5.16 Å². The van der Waals surface area contributed by atoms with Crippen LogP contribution < -0.4 is 0 Å². The van der Waals surface area contributed by atoms with E-state index in [1.165, 1.54) is 6.33 Å². The third kappa shape index (κ3) is 1.05. The van der Waals surface area contributed by atoms with Gasteiger partial charge in [0, 0.05) is 11.8 Å². The summed E-state index contributed by atoms with van der Waals surface area (Å²) < 4.78 is 0. The van der Waals surface area contributed by atoms with Crippen molar-refractivity contribution in [1.82, 2.24) is 9.97 Å². The molecule has 62 valence electrons. The van der Waals surface area contributed by atoms with Crippen molar-refractivity contribution < 1.29 is 5.21 Å². The van der Waals surface area contributed by atoms with Crippen molar-refractivity contribution in [3.63, 3.8) is 0 Å². The maximum Gasteiger partial charge on any atom is 0.115 e. The predicted molar refractivity (Wildman–Crippen MR) is 43.3 cm³/mol. The molecule has 0 fully saturated rings. The summed E-state index contributed by atoms with van der Waals surface area (Å²) in [6.07, 6.45) is 6.01. The predicted octanol–water partition coefficient (Wildman–Crippen LogP) is 0.991. The van der Waals surface area contributed by atoms with Gasteiger partial charge in [0.25, 0.3) is 0 Å². The number of aryl methyl sites for hydroxylation is 1. The van der Waals surface area contributed by atoms with E-state index in [0.717, 1.165) is 30.5 Å². The van der Waals surface area contributed by atoms with E-state index < -0.39 is 0 Å². The topological polar surface area (TPSA) is 58.4 Å². The zero-order valence-electron chi connectivity index (χ0n) is 6.56. The van der Waals surface area contributed by atoms with Crippen LogP contribution in [0, 0.1) is 0 Å². The van der Waals surface area contributed by atoms with Gasteiger partial charge in [0.2, 0.25) is 0 Å². The van der Waals surface area contributed by atoms with E-state index in [9.17, 15) is 0 Å². The average molecular weight is 163 g/mol. The molecule has 1 aliphatic carbocycles. The first kappa shape index (κ1) is 7.21. The number of fused-ring (bicyclic) bond motifs is 1. The van der Waals surface area contributed by atoms with Crippen LogP contribution in [0.3, 0.4) is 0 Å². The van der Waals surface area contributed by atoms with Crippen LogP contribution in [0.15, 0.2) is 17.7 Å². The zero-order valence-corrected chi connectivity index (χ0v) is 6.56. The summed E-state index contributed by atoms with van der Waals surface area (Å²) in [5, 5.41) is 11.9. The minimum atomic E-state index is 0.705. The molecule has 1 heterocycles.